The zero-order chi connectivity index (χ0) is 12.1. The molecule has 0 heterocycles. The maximum Gasteiger partial charge on any atom is 0.312 e. The molecule has 3 amide bonds. The summed E-state index contributed by atoms with van der Waals surface area (Å²) in [6.07, 6.45) is 0.596. The third kappa shape index (κ3) is 4.64. The molecule has 0 fully saturated rings. The number of aliphatic hydroxyl groups is 1. The molecule has 6 heteroatoms. The summed E-state index contributed by atoms with van der Waals surface area (Å²) in [5.41, 5.74) is 4.22. The minimum atomic E-state index is -0.750. The largest absolute Gasteiger partial charge is 0.394 e. The van der Waals surface area contributed by atoms with Gasteiger partial charge in [-0.2, -0.15) is 0 Å². The molecule has 0 aliphatic carbocycles. The van der Waals surface area contributed by atoms with Crippen molar-refractivity contribution in [2.24, 2.45) is 5.73 Å². The molecular formula is C9H19N3O3. The predicted molar refractivity (Wildman–Crippen MR) is 56.1 cm³/mol. The Morgan fingerprint density at radius 2 is 2.07 bits per heavy atom. The summed E-state index contributed by atoms with van der Waals surface area (Å²) in [5, 5.41) is 14.0. The Morgan fingerprint density at radius 3 is 2.40 bits per heavy atom. The highest BCUT2D eigenvalue weighted by molar-refractivity contribution is 5.86. The number of nitrogens with two attached hydrogens (primary N) is 1. The number of primary amides is 1. The number of hydrogen-bond acceptors (Lipinski definition) is 3. The molecule has 0 aliphatic heterocycles. The molecule has 0 rings (SSSR count). The summed E-state index contributed by atoms with van der Waals surface area (Å²) in [6.45, 7) is 4.94. The molecule has 0 spiro atoms. The Hall–Kier alpha value is -1.30. The van der Waals surface area contributed by atoms with Crippen molar-refractivity contribution in [3.05, 3.63) is 0 Å². The fraction of sp³-hybridized carbons (Fsp3) is 0.778. The van der Waals surface area contributed by atoms with Crippen molar-refractivity contribution in [2.45, 2.75) is 38.8 Å². The van der Waals surface area contributed by atoms with Gasteiger partial charge < -0.3 is 21.5 Å². The third-order valence-electron chi connectivity index (χ3n) is 2.31. The standard InChI is InChI=1S/C9H19N3O3/c1-4-9(3,5-13)12-7(14)6(2)11-8(10)15/h6,13H,4-5H2,1-3H3,(H,12,14)(H3,10,11,15). The average Bonchev–Trinajstić information content (AvgIpc) is 2.16. The van der Waals surface area contributed by atoms with E-state index >= 15 is 0 Å². The van der Waals surface area contributed by atoms with E-state index in [2.05, 4.69) is 10.6 Å². The van der Waals surface area contributed by atoms with Gasteiger partial charge in [0.2, 0.25) is 5.91 Å². The first-order valence-corrected chi connectivity index (χ1v) is 4.83. The van der Waals surface area contributed by atoms with Gasteiger partial charge in [0.15, 0.2) is 0 Å². The van der Waals surface area contributed by atoms with Crippen LogP contribution < -0.4 is 16.4 Å². The van der Waals surface area contributed by atoms with Gasteiger partial charge in [-0.25, -0.2) is 4.79 Å². The number of nitrogens with one attached hydrogen (secondary N) is 2. The van der Waals surface area contributed by atoms with E-state index in [0.717, 1.165) is 0 Å². The molecule has 0 aromatic carbocycles. The van der Waals surface area contributed by atoms with Crippen LogP contribution in [0.25, 0.3) is 0 Å². The Labute approximate surface area is 89.2 Å². The molecular weight excluding hydrogens is 198 g/mol. The Bertz CT molecular complexity index is 239. The first-order chi connectivity index (χ1) is 6.84. The molecule has 2 unspecified atom stereocenters. The predicted octanol–water partition coefficient (Wildman–Crippen LogP) is -0.680. The molecule has 15 heavy (non-hydrogen) atoms. The van der Waals surface area contributed by atoms with Gasteiger partial charge in [0.1, 0.15) is 6.04 Å². The number of amides is 3. The van der Waals surface area contributed by atoms with Crippen LogP contribution in [0.15, 0.2) is 0 Å². The number of urea groups is 1. The van der Waals surface area contributed by atoms with Crippen molar-refractivity contribution in [3.63, 3.8) is 0 Å². The summed E-state index contributed by atoms with van der Waals surface area (Å²) < 4.78 is 0. The van der Waals surface area contributed by atoms with Crippen LogP contribution >= 0.6 is 0 Å². The number of hydrogen-bond donors (Lipinski definition) is 4. The van der Waals surface area contributed by atoms with Gasteiger partial charge in [0.05, 0.1) is 12.1 Å². The summed E-state index contributed by atoms with van der Waals surface area (Å²) in [4.78, 5) is 22.0. The minimum absolute atomic E-state index is 0.154. The highest BCUT2D eigenvalue weighted by atomic mass is 16.3. The van der Waals surface area contributed by atoms with Crippen LogP contribution in [0, 0.1) is 0 Å². The molecule has 0 aromatic rings. The third-order valence-corrected chi connectivity index (χ3v) is 2.31. The second-order valence-electron chi connectivity index (χ2n) is 3.79. The summed E-state index contributed by atoms with van der Waals surface area (Å²) >= 11 is 0. The lowest BCUT2D eigenvalue weighted by atomic mass is 10.00. The molecule has 0 bridgehead atoms. The van der Waals surface area contributed by atoms with Crippen LogP contribution in [0.2, 0.25) is 0 Å². The highest BCUT2D eigenvalue weighted by Gasteiger charge is 2.25. The number of carbonyl (C=O) groups is 2. The van der Waals surface area contributed by atoms with E-state index in [4.69, 9.17) is 10.8 Å². The van der Waals surface area contributed by atoms with Crippen molar-refractivity contribution >= 4 is 11.9 Å². The van der Waals surface area contributed by atoms with Gasteiger partial charge in [-0.15, -0.1) is 0 Å². The fourth-order valence-corrected chi connectivity index (χ4v) is 0.924. The average molecular weight is 217 g/mol. The van der Waals surface area contributed by atoms with Crippen molar-refractivity contribution in [1.82, 2.24) is 10.6 Å². The van der Waals surface area contributed by atoms with Crippen molar-refractivity contribution in [2.75, 3.05) is 6.61 Å². The second-order valence-corrected chi connectivity index (χ2v) is 3.79. The zero-order valence-electron chi connectivity index (χ0n) is 9.33. The summed E-state index contributed by atoms with van der Waals surface area (Å²) in [6, 6.07) is -1.46. The molecule has 2 atom stereocenters. The summed E-state index contributed by atoms with van der Waals surface area (Å²) in [7, 11) is 0. The van der Waals surface area contributed by atoms with E-state index in [1.165, 1.54) is 6.92 Å². The van der Waals surface area contributed by atoms with Gasteiger partial charge in [0, 0.05) is 0 Å². The van der Waals surface area contributed by atoms with Crippen molar-refractivity contribution < 1.29 is 14.7 Å². The minimum Gasteiger partial charge on any atom is -0.394 e. The second kappa shape index (κ2) is 5.55. The Morgan fingerprint density at radius 1 is 1.53 bits per heavy atom. The van der Waals surface area contributed by atoms with E-state index in [1.54, 1.807) is 6.92 Å². The molecule has 6 nitrogen and oxygen atoms in total. The topological polar surface area (TPSA) is 104 Å². The Kier molecular flexibility index (Phi) is 5.07. The van der Waals surface area contributed by atoms with E-state index in [0.29, 0.717) is 6.42 Å². The molecule has 0 saturated heterocycles. The van der Waals surface area contributed by atoms with Crippen molar-refractivity contribution in [3.8, 4) is 0 Å². The molecule has 0 aliphatic rings. The van der Waals surface area contributed by atoms with Crippen molar-refractivity contribution in [1.29, 1.82) is 0 Å². The molecule has 5 N–H and O–H groups in total. The van der Waals surface area contributed by atoms with Crippen LogP contribution in [0.3, 0.4) is 0 Å². The van der Waals surface area contributed by atoms with E-state index in [9.17, 15) is 9.59 Å². The lowest BCUT2D eigenvalue weighted by molar-refractivity contribution is -0.124. The quantitative estimate of drug-likeness (QED) is 0.490. The highest BCUT2D eigenvalue weighted by Crippen LogP contribution is 2.07. The van der Waals surface area contributed by atoms with Gasteiger partial charge in [0.25, 0.3) is 0 Å². The van der Waals surface area contributed by atoms with Crippen LogP contribution in [0.5, 0.6) is 0 Å². The van der Waals surface area contributed by atoms with Crippen LogP contribution in [-0.2, 0) is 4.79 Å². The SMILES string of the molecule is CCC(C)(CO)NC(=O)C(C)NC(N)=O. The maximum absolute atomic E-state index is 11.5. The van der Waals surface area contributed by atoms with Gasteiger partial charge in [-0.3, -0.25) is 4.79 Å². The Balaban J connectivity index is 4.28. The lowest BCUT2D eigenvalue weighted by Crippen LogP contribution is -2.55. The summed E-state index contributed by atoms with van der Waals surface area (Å²) in [5.74, 6) is -0.368. The lowest BCUT2D eigenvalue weighted by Gasteiger charge is -2.28. The molecule has 0 radical (unpaired) electrons. The van der Waals surface area contributed by atoms with Gasteiger partial charge in [-0.1, -0.05) is 6.92 Å². The number of aliphatic hydroxyl groups excluding tert-OH is 1. The first-order valence-electron chi connectivity index (χ1n) is 4.83. The van der Waals surface area contributed by atoms with Crippen LogP contribution in [0.1, 0.15) is 27.2 Å². The number of carbonyl (C=O) groups excluding carboxylic acids is 2. The normalized spacial score (nSPS) is 16.3. The van der Waals surface area contributed by atoms with E-state index in [1.807, 2.05) is 6.92 Å². The van der Waals surface area contributed by atoms with Gasteiger partial charge >= 0.3 is 6.03 Å². The van der Waals surface area contributed by atoms with Gasteiger partial charge in [-0.05, 0) is 20.3 Å². The molecule has 0 saturated carbocycles. The van der Waals surface area contributed by atoms with Crippen LogP contribution in [-0.4, -0.2) is 35.2 Å². The smallest absolute Gasteiger partial charge is 0.312 e. The number of rotatable bonds is 5. The fourth-order valence-electron chi connectivity index (χ4n) is 0.924. The molecule has 0 aromatic heterocycles. The van der Waals surface area contributed by atoms with E-state index < -0.39 is 17.6 Å². The molecule has 88 valence electrons. The monoisotopic (exact) mass is 217 g/mol. The maximum atomic E-state index is 11.5. The zero-order valence-corrected chi connectivity index (χ0v) is 9.33. The van der Waals surface area contributed by atoms with E-state index in [-0.39, 0.29) is 12.5 Å². The first kappa shape index (κ1) is 13.7. The van der Waals surface area contributed by atoms with Crippen LogP contribution in [0.4, 0.5) is 4.79 Å².